The summed E-state index contributed by atoms with van der Waals surface area (Å²) in [5.41, 5.74) is 0.716. The molecular formula is C11H6IrNO2-. The van der Waals surface area contributed by atoms with Crippen molar-refractivity contribution in [2.75, 3.05) is 0 Å². The fourth-order valence-electron chi connectivity index (χ4n) is 1.16. The van der Waals surface area contributed by atoms with E-state index >= 15 is 0 Å². The van der Waals surface area contributed by atoms with Gasteiger partial charge in [-0.3, -0.25) is 14.6 Å². The maximum atomic E-state index is 11.4. The van der Waals surface area contributed by atoms with Crippen LogP contribution in [0.3, 0.4) is 0 Å². The number of benzene rings is 1. The minimum atomic E-state index is -0.406. The molecule has 0 aromatic heterocycles. The van der Waals surface area contributed by atoms with Crippen molar-refractivity contribution < 1.29 is 29.7 Å². The van der Waals surface area contributed by atoms with E-state index < -0.39 is 5.91 Å². The summed E-state index contributed by atoms with van der Waals surface area (Å²) in [7, 11) is 0. The zero-order chi connectivity index (χ0) is 9.97. The smallest absolute Gasteiger partial charge is 0.261 e. The van der Waals surface area contributed by atoms with Gasteiger partial charge in [0, 0.05) is 31.9 Å². The minimum Gasteiger partial charge on any atom is -0.299 e. The predicted octanol–water partition coefficient (Wildman–Crippen LogP) is 0.939. The number of carbonyl (C=O) groups is 2. The Morgan fingerprint density at radius 2 is 1.93 bits per heavy atom. The van der Waals surface area contributed by atoms with Gasteiger partial charge >= 0.3 is 0 Å². The molecule has 0 aliphatic carbocycles. The van der Waals surface area contributed by atoms with Crippen molar-refractivity contribution in [1.29, 1.82) is 0 Å². The van der Waals surface area contributed by atoms with Gasteiger partial charge < -0.3 is 0 Å². The van der Waals surface area contributed by atoms with E-state index in [0.29, 0.717) is 5.56 Å². The Morgan fingerprint density at radius 1 is 1.13 bits per heavy atom. The number of dihydropyridines is 1. The molecule has 0 fully saturated rings. The Bertz CT molecular complexity index is 449. The van der Waals surface area contributed by atoms with Crippen LogP contribution in [0.25, 0.3) is 0 Å². The van der Waals surface area contributed by atoms with Gasteiger partial charge in [-0.1, -0.05) is 0 Å². The zero-order valence-electron chi connectivity index (χ0n) is 7.56. The maximum Gasteiger partial charge on any atom is 0.261 e. The van der Waals surface area contributed by atoms with E-state index in [2.05, 4.69) is 11.1 Å². The van der Waals surface area contributed by atoms with Crippen LogP contribution < -0.4 is 0 Å². The summed E-state index contributed by atoms with van der Waals surface area (Å²) in [5.74, 6) is -0.663. The molecule has 1 aromatic carbocycles. The normalized spacial score (nSPS) is 14.5. The van der Waals surface area contributed by atoms with E-state index in [1.165, 1.54) is 6.08 Å². The first-order valence-corrected chi connectivity index (χ1v) is 4.09. The fraction of sp³-hybridized carbons (Fsp3) is 0. The van der Waals surface area contributed by atoms with E-state index in [1.807, 2.05) is 0 Å². The van der Waals surface area contributed by atoms with Crippen molar-refractivity contribution in [2.45, 2.75) is 0 Å². The molecule has 1 heterocycles. The Labute approximate surface area is 100 Å². The van der Waals surface area contributed by atoms with Crippen LogP contribution in [0.1, 0.15) is 5.56 Å². The first-order chi connectivity index (χ1) is 6.77. The van der Waals surface area contributed by atoms with Gasteiger partial charge in [-0.25, -0.2) is 0 Å². The molecule has 1 aliphatic heterocycles. The molecule has 1 amide bonds. The number of hydrogen-bond donors (Lipinski definition) is 0. The molecule has 1 aromatic rings. The van der Waals surface area contributed by atoms with E-state index in [9.17, 15) is 9.59 Å². The molecule has 1 radical (unpaired) electrons. The first-order valence-electron chi connectivity index (χ1n) is 4.09. The second-order valence-electron chi connectivity index (χ2n) is 2.77. The zero-order valence-corrected chi connectivity index (χ0v) is 9.96. The van der Waals surface area contributed by atoms with Crippen LogP contribution in [0, 0.1) is 6.07 Å². The van der Waals surface area contributed by atoms with Gasteiger partial charge in [0.05, 0.1) is 0 Å². The Balaban J connectivity index is 0.00000112. The van der Waals surface area contributed by atoms with Crippen LogP contribution in [0.4, 0.5) is 0 Å². The molecule has 0 saturated carbocycles. The largest absolute Gasteiger partial charge is 0.299 e. The minimum absolute atomic E-state index is 0. The fourth-order valence-corrected chi connectivity index (χ4v) is 1.16. The summed E-state index contributed by atoms with van der Waals surface area (Å²) in [6.07, 6.45) is 2.39. The number of allylic oxidation sites excluding steroid dienone is 1. The summed E-state index contributed by atoms with van der Waals surface area (Å²) >= 11 is 0. The maximum absolute atomic E-state index is 11.4. The van der Waals surface area contributed by atoms with E-state index in [4.69, 9.17) is 0 Å². The molecule has 0 saturated heterocycles. The van der Waals surface area contributed by atoms with E-state index in [0.717, 1.165) is 6.08 Å². The average molecular weight is 376 g/mol. The van der Waals surface area contributed by atoms with Gasteiger partial charge in [0.15, 0.2) is 5.78 Å². The van der Waals surface area contributed by atoms with Gasteiger partial charge in [0.25, 0.3) is 5.91 Å². The number of amides is 1. The van der Waals surface area contributed by atoms with E-state index in [-0.39, 0.29) is 31.6 Å². The number of nitrogens with zero attached hydrogens (tertiary/aromatic N) is 1. The van der Waals surface area contributed by atoms with Crippen LogP contribution in [-0.4, -0.2) is 17.4 Å². The molecule has 3 nitrogen and oxygen atoms in total. The van der Waals surface area contributed by atoms with Crippen LogP contribution in [-0.2, 0) is 29.7 Å². The van der Waals surface area contributed by atoms with Crippen molar-refractivity contribution in [1.82, 2.24) is 0 Å². The number of carbonyl (C=O) groups excluding carboxylic acids is 2. The van der Waals surface area contributed by atoms with Crippen LogP contribution >= 0.6 is 0 Å². The van der Waals surface area contributed by atoms with Crippen molar-refractivity contribution in [3.05, 3.63) is 48.0 Å². The molecule has 0 unspecified atom stereocenters. The Morgan fingerprint density at radius 3 is 2.60 bits per heavy atom. The van der Waals surface area contributed by atoms with Gasteiger partial charge in [-0.05, 0) is 6.08 Å². The summed E-state index contributed by atoms with van der Waals surface area (Å²) in [6.45, 7) is 0. The number of ketones is 1. The van der Waals surface area contributed by atoms with E-state index in [1.54, 1.807) is 24.3 Å². The molecule has 1 aliphatic rings. The molecule has 0 N–H and O–H groups in total. The van der Waals surface area contributed by atoms with Gasteiger partial charge in [-0.2, -0.15) is 0 Å². The van der Waals surface area contributed by atoms with Crippen molar-refractivity contribution >= 4 is 17.4 Å². The van der Waals surface area contributed by atoms with Crippen molar-refractivity contribution in [3.8, 4) is 0 Å². The van der Waals surface area contributed by atoms with Crippen molar-refractivity contribution in [2.24, 2.45) is 4.99 Å². The second-order valence-corrected chi connectivity index (χ2v) is 2.77. The summed E-state index contributed by atoms with van der Waals surface area (Å²) in [6, 6.07) is 9.78. The summed E-state index contributed by atoms with van der Waals surface area (Å²) in [5, 5.41) is 0. The number of hydrogen-bond acceptors (Lipinski definition) is 2. The third kappa shape index (κ3) is 2.55. The molecule has 77 valence electrons. The van der Waals surface area contributed by atoms with Crippen LogP contribution in [0.5, 0.6) is 0 Å². The average Bonchev–Trinajstić information content (AvgIpc) is 2.23. The quantitative estimate of drug-likeness (QED) is 0.685. The SMILES string of the molecule is O=C1C=CC(=O)C(c2[c-]cccc2)=N1.[Ir]. The second kappa shape index (κ2) is 4.91. The number of aliphatic imine (C=N–C) groups is 1. The topological polar surface area (TPSA) is 46.5 Å². The van der Waals surface area contributed by atoms with Crippen molar-refractivity contribution in [3.63, 3.8) is 0 Å². The standard InChI is InChI=1S/C11H6NO2.Ir/c13-9-6-7-10(14)12-11(9)8-4-2-1-3-5-8;/h1-4,6-7H;/q-1;. The van der Waals surface area contributed by atoms with Crippen LogP contribution in [0.15, 0.2) is 41.4 Å². The van der Waals surface area contributed by atoms with Gasteiger partial charge in [-0.15, -0.1) is 35.9 Å². The Kier molecular flexibility index (Phi) is 3.83. The third-order valence-corrected chi connectivity index (χ3v) is 1.80. The predicted molar refractivity (Wildman–Crippen MR) is 51.0 cm³/mol. The molecular weight excluding hydrogens is 370 g/mol. The van der Waals surface area contributed by atoms with Gasteiger partial charge in [0.2, 0.25) is 0 Å². The van der Waals surface area contributed by atoms with Crippen LogP contribution in [0.2, 0.25) is 0 Å². The summed E-state index contributed by atoms with van der Waals surface area (Å²) < 4.78 is 0. The molecule has 2 rings (SSSR count). The molecule has 15 heavy (non-hydrogen) atoms. The monoisotopic (exact) mass is 377 g/mol. The van der Waals surface area contributed by atoms with Gasteiger partial charge in [0.1, 0.15) is 0 Å². The first kappa shape index (κ1) is 11.7. The summed E-state index contributed by atoms with van der Waals surface area (Å²) in [4.78, 5) is 25.9. The Hall–Kier alpha value is -1.38. The third-order valence-electron chi connectivity index (χ3n) is 1.80. The molecule has 0 atom stereocenters. The number of rotatable bonds is 1. The molecule has 0 bridgehead atoms. The molecule has 4 heteroatoms. The molecule has 0 spiro atoms.